The number of aromatic nitrogens is 2. The predicted octanol–water partition coefficient (Wildman–Crippen LogP) is 7.41. The van der Waals surface area contributed by atoms with Crippen molar-refractivity contribution < 1.29 is 36.0 Å². The van der Waals surface area contributed by atoms with Crippen molar-refractivity contribution in [3.8, 4) is 10.4 Å². The Labute approximate surface area is 259 Å². The van der Waals surface area contributed by atoms with Crippen molar-refractivity contribution in [2.24, 2.45) is 0 Å². The van der Waals surface area contributed by atoms with Crippen molar-refractivity contribution in [1.82, 2.24) is 20.2 Å². The molecule has 0 bridgehead atoms. The van der Waals surface area contributed by atoms with Crippen LogP contribution in [0.1, 0.15) is 92.6 Å². The minimum atomic E-state index is -4.61. The molecule has 0 spiro atoms. The van der Waals surface area contributed by atoms with Gasteiger partial charge in [0.25, 0.3) is 18.2 Å². The Morgan fingerprint density at radius 1 is 1.23 bits per heavy atom. The molecule has 1 aliphatic heterocycles. The molecule has 1 saturated heterocycles. The zero-order valence-corrected chi connectivity index (χ0v) is 27.8. The third-order valence-electron chi connectivity index (χ3n) is 8.68. The molecule has 0 aromatic carbocycles. The summed E-state index contributed by atoms with van der Waals surface area (Å²) < 4.78 is 75.1. The molecular formula is C29H40F5N5O3SSi. The lowest BCUT2D eigenvalue weighted by Gasteiger charge is -2.36. The second-order valence-electron chi connectivity index (χ2n) is 13.0. The second-order valence-corrected chi connectivity index (χ2v) is 18.8. The lowest BCUT2D eigenvalue weighted by molar-refractivity contribution is -0.142. The van der Waals surface area contributed by atoms with Gasteiger partial charge in [0.05, 0.1) is 17.0 Å². The molecular weight excluding hydrogens is 621 g/mol. The van der Waals surface area contributed by atoms with Crippen LogP contribution in [0.5, 0.6) is 0 Å². The van der Waals surface area contributed by atoms with Gasteiger partial charge in [0.15, 0.2) is 13.3 Å². The van der Waals surface area contributed by atoms with E-state index in [1.807, 2.05) is 6.92 Å². The van der Waals surface area contributed by atoms with E-state index in [1.165, 1.54) is 6.92 Å². The average molecular weight is 662 g/mol. The van der Waals surface area contributed by atoms with Crippen LogP contribution in [0.25, 0.3) is 10.4 Å². The molecule has 8 nitrogen and oxygen atoms in total. The van der Waals surface area contributed by atoms with Gasteiger partial charge in [-0.2, -0.15) is 13.2 Å². The van der Waals surface area contributed by atoms with Crippen molar-refractivity contribution in [3.05, 3.63) is 28.5 Å². The number of amides is 2. The van der Waals surface area contributed by atoms with Crippen LogP contribution in [-0.4, -0.2) is 72.0 Å². The number of nitrogens with zero attached hydrogens (tertiary/aromatic N) is 3. The summed E-state index contributed by atoms with van der Waals surface area (Å²) in [5.74, 6) is -1.44. The van der Waals surface area contributed by atoms with E-state index < -0.39 is 44.3 Å². The van der Waals surface area contributed by atoms with Gasteiger partial charge in [-0.05, 0) is 56.8 Å². The zero-order chi connectivity index (χ0) is 32.8. The van der Waals surface area contributed by atoms with Gasteiger partial charge in [-0.15, -0.1) is 11.3 Å². The molecule has 0 radical (unpaired) electrons. The summed E-state index contributed by atoms with van der Waals surface area (Å²) in [7, 11) is -2.07. The fourth-order valence-corrected chi connectivity index (χ4v) is 7.23. The largest absolute Gasteiger partial charge is 0.412 e. The molecule has 1 saturated carbocycles. The van der Waals surface area contributed by atoms with Crippen LogP contribution in [-0.2, 0) is 4.43 Å². The third-order valence-corrected chi connectivity index (χ3v) is 14.3. The molecule has 244 valence electrons. The number of hydrogen-bond donors (Lipinski definition) is 2. The van der Waals surface area contributed by atoms with Crippen molar-refractivity contribution in [2.75, 3.05) is 11.9 Å². The quantitative estimate of drug-likeness (QED) is 0.203. The van der Waals surface area contributed by atoms with E-state index in [0.29, 0.717) is 13.0 Å². The topological polar surface area (TPSA) is 96.4 Å². The number of likely N-dealkylation sites (tertiary alicyclic amines) is 1. The summed E-state index contributed by atoms with van der Waals surface area (Å²) in [6, 6.07) is -1.48. The average Bonchev–Trinajstić information content (AvgIpc) is 3.28. The summed E-state index contributed by atoms with van der Waals surface area (Å²) in [5, 5.41) is 4.98. The number of thiazole rings is 1. The van der Waals surface area contributed by atoms with Gasteiger partial charge in [-0.3, -0.25) is 9.59 Å². The van der Waals surface area contributed by atoms with Crippen molar-refractivity contribution >= 4 is 37.3 Å². The minimum absolute atomic E-state index is 0.0119. The fraction of sp³-hybridized carbons (Fsp3) is 0.655. The molecule has 1 unspecified atom stereocenters. The summed E-state index contributed by atoms with van der Waals surface area (Å²) in [6.45, 7) is 14.2. The Kier molecular flexibility index (Phi) is 9.82. The molecule has 1 aliphatic carbocycles. The number of hydrogen-bond acceptors (Lipinski definition) is 7. The van der Waals surface area contributed by atoms with Gasteiger partial charge in [-0.1, -0.05) is 27.7 Å². The highest BCUT2D eigenvalue weighted by molar-refractivity contribution is 7.17. The second kappa shape index (κ2) is 12.6. The first-order valence-electron chi connectivity index (χ1n) is 14.8. The monoisotopic (exact) mass is 661 g/mol. The van der Waals surface area contributed by atoms with E-state index in [4.69, 9.17) is 4.43 Å². The maximum Gasteiger partial charge on any atom is 0.408 e. The third kappa shape index (κ3) is 7.41. The normalized spacial score (nSPS) is 21.5. The highest BCUT2D eigenvalue weighted by atomic mass is 32.1. The molecule has 2 fully saturated rings. The van der Waals surface area contributed by atoms with Crippen LogP contribution in [0.15, 0.2) is 12.3 Å². The Hall–Kier alpha value is -2.65. The minimum Gasteiger partial charge on any atom is -0.412 e. The molecule has 15 heteroatoms. The van der Waals surface area contributed by atoms with Crippen LogP contribution in [0.4, 0.5) is 27.8 Å². The van der Waals surface area contributed by atoms with Gasteiger partial charge < -0.3 is 20.0 Å². The van der Waals surface area contributed by atoms with Gasteiger partial charge in [0.1, 0.15) is 17.6 Å². The summed E-state index contributed by atoms with van der Waals surface area (Å²) in [4.78, 5) is 36.9. The number of nitrogens with one attached hydrogen (secondary N) is 2. The number of pyridine rings is 1. The summed E-state index contributed by atoms with van der Waals surface area (Å²) in [6.07, 6.45) is -5.04. The van der Waals surface area contributed by atoms with Gasteiger partial charge >= 0.3 is 6.18 Å². The molecule has 3 heterocycles. The van der Waals surface area contributed by atoms with Crippen LogP contribution >= 0.6 is 11.3 Å². The molecule has 2 aliphatic rings. The first-order chi connectivity index (χ1) is 20.3. The van der Waals surface area contributed by atoms with E-state index in [-0.39, 0.29) is 56.6 Å². The zero-order valence-electron chi connectivity index (χ0n) is 25.9. The van der Waals surface area contributed by atoms with Crippen LogP contribution in [0, 0.1) is 0 Å². The molecule has 2 aromatic heterocycles. The van der Waals surface area contributed by atoms with Gasteiger partial charge in [0.2, 0.25) is 0 Å². The summed E-state index contributed by atoms with van der Waals surface area (Å²) >= 11 is 0.781. The SMILES string of the molecule is CCC(Nc1cc(C(F)F)c(-c2sc(C(=O)N[C@@H]3C[C@H]3O[Si](C)(C)C(C)(C)C)nc2C(=O)N2CCC[C@@H]2C)cn1)C(F)(F)F. The van der Waals surface area contributed by atoms with Gasteiger partial charge in [-0.25, -0.2) is 18.7 Å². The number of carbonyl (C=O) groups excluding carboxylic acids is 2. The van der Waals surface area contributed by atoms with Crippen LogP contribution in [0.3, 0.4) is 0 Å². The molecule has 2 aromatic rings. The fourth-order valence-electron chi connectivity index (χ4n) is 4.87. The molecule has 4 atom stereocenters. The molecule has 2 N–H and O–H groups in total. The Balaban J connectivity index is 1.66. The van der Waals surface area contributed by atoms with Gasteiger partial charge in [0, 0.05) is 29.9 Å². The number of alkyl halides is 5. The van der Waals surface area contributed by atoms with Crippen molar-refractivity contribution in [1.29, 1.82) is 0 Å². The first kappa shape index (κ1) is 34.2. The standard InChI is InChI=1S/C29H40F5N5O3SSi/c1-8-20(29(32,33)34)37-21-12-16(24(30)31)17(14-35-21)23-22(27(41)39-11-9-10-15(39)2)38-26(43-23)25(40)36-18-13-19(18)42-44(6,7)28(3,4)5/h12,14-15,18-20,24H,8-11,13H2,1-7H3,(H,35,37)(H,36,40)/t15-,18+,19+,20?/m0/s1. The molecule has 2 amide bonds. The maximum absolute atomic E-state index is 14.4. The van der Waals surface area contributed by atoms with Crippen LogP contribution < -0.4 is 10.6 Å². The highest BCUT2D eigenvalue weighted by Gasteiger charge is 2.48. The van der Waals surface area contributed by atoms with Crippen LogP contribution in [0.2, 0.25) is 18.1 Å². The lowest BCUT2D eigenvalue weighted by Crippen LogP contribution is -2.42. The number of anilines is 1. The van der Waals surface area contributed by atoms with E-state index >= 15 is 0 Å². The van der Waals surface area contributed by atoms with E-state index in [1.54, 1.807) is 4.90 Å². The Morgan fingerprint density at radius 2 is 1.91 bits per heavy atom. The van der Waals surface area contributed by atoms with Crippen molar-refractivity contribution in [3.63, 3.8) is 0 Å². The van der Waals surface area contributed by atoms with Crippen molar-refractivity contribution in [2.45, 2.75) is 115 Å². The first-order valence-corrected chi connectivity index (χ1v) is 18.5. The number of carbonyl (C=O) groups is 2. The lowest BCUT2D eigenvalue weighted by atomic mass is 10.1. The van der Waals surface area contributed by atoms with E-state index in [9.17, 15) is 31.5 Å². The van der Waals surface area contributed by atoms with E-state index in [0.717, 1.165) is 36.4 Å². The predicted molar refractivity (Wildman–Crippen MR) is 162 cm³/mol. The molecule has 44 heavy (non-hydrogen) atoms. The maximum atomic E-state index is 14.4. The van der Waals surface area contributed by atoms with E-state index in [2.05, 4.69) is 54.5 Å². The number of rotatable bonds is 10. The number of halogens is 5. The molecule has 4 rings (SSSR count). The Bertz CT molecular complexity index is 1380. The highest BCUT2D eigenvalue weighted by Crippen LogP contribution is 2.42. The Morgan fingerprint density at radius 3 is 2.45 bits per heavy atom. The smallest absolute Gasteiger partial charge is 0.408 e. The summed E-state index contributed by atoms with van der Waals surface area (Å²) in [5.41, 5.74) is -0.948.